The lowest BCUT2D eigenvalue weighted by Gasteiger charge is -1.97. The minimum atomic E-state index is -0.398. The number of halogens is 2. The van der Waals surface area contributed by atoms with E-state index in [0.29, 0.717) is 5.58 Å². The SMILES string of the molecule is Cn1cccc1/C=N\NC(=O)c1cc2cc(Br)cc(Br)c2o1. The number of fused-ring (bicyclic) bond motifs is 1. The van der Waals surface area contributed by atoms with E-state index in [1.54, 1.807) is 12.3 Å². The third kappa shape index (κ3) is 3.00. The van der Waals surface area contributed by atoms with E-state index in [1.165, 1.54) is 0 Å². The van der Waals surface area contributed by atoms with Gasteiger partial charge in [-0.05, 0) is 46.3 Å². The van der Waals surface area contributed by atoms with E-state index in [4.69, 9.17) is 4.42 Å². The van der Waals surface area contributed by atoms with Crippen molar-refractivity contribution in [2.45, 2.75) is 0 Å². The van der Waals surface area contributed by atoms with Gasteiger partial charge >= 0.3 is 5.91 Å². The Balaban J connectivity index is 1.79. The van der Waals surface area contributed by atoms with Crippen LogP contribution in [0.15, 0.2) is 55.0 Å². The molecule has 0 saturated carbocycles. The lowest BCUT2D eigenvalue weighted by molar-refractivity contribution is 0.0929. The summed E-state index contributed by atoms with van der Waals surface area (Å²) < 4.78 is 9.15. The summed E-state index contributed by atoms with van der Waals surface area (Å²) in [5.41, 5.74) is 3.97. The number of hydrogen-bond donors (Lipinski definition) is 1. The molecule has 112 valence electrons. The summed E-state index contributed by atoms with van der Waals surface area (Å²) in [6.45, 7) is 0. The van der Waals surface area contributed by atoms with Gasteiger partial charge in [-0.25, -0.2) is 5.43 Å². The fourth-order valence-corrected chi connectivity index (χ4v) is 3.35. The van der Waals surface area contributed by atoms with Gasteiger partial charge in [0.05, 0.1) is 16.4 Å². The van der Waals surface area contributed by atoms with Crippen LogP contribution in [-0.2, 0) is 7.05 Å². The Morgan fingerprint density at radius 3 is 2.91 bits per heavy atom. The second kappa shape index (κ2) is 6.10. The van der Waals surface area contributed by atoms with Gasteiger partial charge in [-0.3, -0.25) is 4.79 Å². The molecule has 0 atom stereocenters. The number of rotatable bonds is 3. The number of nitrogens with zero attached hydrogens (tertiary/aromatic N) is 2. The highest BCUT2D eigenvalue weighted by molar-refractivity contribution is 9.11. The number of nitrogens with one attached hydrogen (secondary N) is 1. The zero-order chi connectivity index (χ0) is 15.7. The maximum Gasteiger partial charge on any atom is 0.307 e. The van der Waals surface area contributed by atoms with Crippen molar-refractivity contribution >= 4 is 55.0 Å². The second-order valence-corrected chi connectivity index (χ2v) is 6.43. The van der Waals surface area contributed by atoms with Gasteiger partial charge in [-0.1, -0.05) is 15.9 Å². The topological polar surface area (TPSA) is 59.5 Å². The molecule has 0 bridgehead atoms. The molecule has 0 saturated heterocycles. The molecule has 1 aromatic carbocycles. The highest BCUT2D eigenvalue weighted by Gasteiger charge is 2.14. The average Bonchev–Trinajstić information content (AvgIpc) is 3.05. The van der Waals surface area contributed by atoms with Crippen LogP contribution < -0.4 is 5.43 Å². The molecular formula is C15H11Br2N3O2. The van der Waals surface area contributed by atoms with Crippen LogP contribution in [0.1, 0.15) is 16.2 Å². The maximum atomic E-state index is 12.1. The van der Waals surface area contributed by atoms with E-state index in [9.17, 15) is 4.79 Å². The summed E-state index contributed by atoms with van der Waals surface area (Å²) in [7, 11) is 1.90. The van der Waals surface area contributed by atoms with E-state index in [2.05, 4.69) is 42.4 Å². The van der Waals surface area contributed by atoms with Crippen LogP contribution in [0.4, 0.5) is 0 Å². The van der Waals surface area contributed by atoms with Crippen molar-refractivity contribution in [2.75, 3.05) is 0 Å². The molecule has 1 N–H and O–H groups in total. The van der Waals surface area contributed by atoms with Crippen molar-refractivity contribution in [3.8, 4) is 0 Å². The largest absolute Gasteiger partial charge is 0.450 e. The van der Waals surface area contributed by atoms with Crippen molar-refractivity contribution in [3.05, 3.63) is 56.9 Å². The molecule has 2 aromatic heterocycles. The van der Waals surface area contributed by atoms with E-state index in [0.717, 1.165) is 20.0 Å². The quantitative estimate of drug-likeness (QED) is 0.509. The first-order chi connectivity index (χ1) is 10.5. The molecule has 0 spiro atoms. The Bertz CT molecular complexity index is 880. The van der Waals surface area contributed by atoms with Crippen LogP contribution in [0.5, 0.6) is 0 Å². The third-order valence-corrected chi connectivity index (χ3v) is 4.15. The van der Waals surface area contributed by atoms with Gasteiger partial charge < -0.3 is 8.98 Å². The molecule has 0 fully saturated rings. The molecule has 0 aliphatic heterocycles. The molecule has 22 heavy (non-hydrogen) atoms. The summed E-state index contributed by atoms with van der Waals surface area (Å²) in [5, 5.41) is 4.77. The molecule has 0 unspecified atom stereocenters. The highest BCUT2D eigenvalue weighted by Crippen LogP contribution is 2.30. The lowest BCUT2D eigenvalue weighted by atomic mass is 10.2. The standard InChI is InChI=1S/C15H11Br2N3O2/c1-20-4-2-3-11(20)8-18-19-15(21)13-6-9-5-10(16)7-12(17)14(9)22-13/h2-8H,1H3,(H,19,21)/b18-8-. The van der Waals surface area contributed by atoms with Crippen LogP contribution in [-0.4, -0.2) is 16.7 Å². The van der Waals surface area contributed by atoms with Crippen molar-refractivity contribution in [3.63, 3.8) is 0 Å². The van der Waals surface area contributed by atoms with Crippen LogP contribution in [0, 0.1) is 0 Å². The molecule has 0 aliphatic carbocycles. The minimum Gasteiger partial charge on any atom is -0.450 e. The number of amides is 1. The Labute approximate surface area is 143 Å². The van der Waals surface area contributed by atoms with Gasteiger partial charge in [0, 0.05) is 23.1 Å². The van der Waals surface area contributed by atoms with E-state index < -0.39 is 5.91 Å². The van der Waals surface area contributed by atoms with Crippen LogP contribution >= 0.6 is 31.9 Å². The molecule has 0 aliphatic rings. The Kier molecular flexibility index (Phi) is 4.17. The summed E-state index contributed by atoms with van der Waals surface area (Å²) in [6.07, 6.45) is 3.48. The number of carbonyl (C=O) groups excluding carboxylic acids is 1. The Morgan fingerprint density at radius 1 is 1.36 bits per heavy atom. The monoisotopic (exact) mass is 423 g/mol. The van der Waals surface area contributed by atoms with Crippen molar-refractivity contribution in [1.82, 2.24) is 9.99 Å². The average molecular weight is 425 g/mol. The number of aryl methyl sites for hydroxylation is 1. The molecule has 1 amide bonds. The van der Waals surface area contributed by atoms with Crippen molar-refractivity contribution in [1.29, 1.82) is 0 Å². The molecular weight excluding hydrogens is 414 g/mol. The Morgan fingerprint density at radius 2 is 2.18 bits per heavy atom. The van der Waals surface area contributed by atoms with Gasteiger partial charge in [0.1, 0.15) is 5.58 Å². The van der Waals surface area contributed by atoms with Crippen LogP contribution in [0.2, 0.25) is 0 Å². The molecule has 7 heteroatoms. The molecule has 3 aromatic rings. The summed E-state index contributed by atoms with van der Waals surface area (Å²) in [6, 6.07) is 9.22. The maximum absolute atomic E-state index is 12.1. The Hall–Kier alpha value is -1.86. The van der Waals surface area contributed by atoms with Gasteiger partial charge in [-0.2, -0.15) is 5.10 Å². The van der Waals surface area contributed by atoms with E-state index in [1.807, 2.05) is 42.1 Å². The number of furan rings is 1. The normalized spacial score (nSPS) is 11.4. The molecule has 3 rings (SSSR count). The smallest absolute Gasteiger partial charge is 0.307 e. The van der Waals surface area contributed by atoms with Crippen molar-refractivity contribution in [2.24, 2.45) is 12.1 Å². The zero-order valence-corrected chi connectivity index (χ0v) is 14.7. The first-order valence-corrected chi connectivity index (χ1v) is 7.96. The summed E-state index contributed by atoms with van der Waals surface area (Å²) >= 11 is 6.81. The van der Waals surface area contributed by atoms with E-state index >= 15 is 0 Å². The summed E-state index contributed by atoms with van der Waals surface area (Å²) in [4.78, 5) is 12.1. The molecule has 2 heterocycles. The highest BCUT2D eigenvalue weighted by atomic mass is 79.9. The fourth-order valence-electron chi connectivity index (χ4n) is 2.01. The van der Waals surface area contributed by atoms with Crippen LogP contribution in [0.25, 0.3) is 11.0 Å². The van der Waals surface area contributed by atoms with Gasteiger partial charge in [0.2, 0.25) is 0 Å². The predicted molar refractivity (Wildman–Crippen MR) is 92.1 cm³/mol. The number of carbonyl (C=O) groups is 1. The second-order valence-electron chi connectivity index (χ2n) is 4.66. The number of hydrazone groups is 1. The lowest BCUT2D eigenvalue weighted by Crippen LogP contribution is -2.17. The minimum absolute atomic E-state index is 0.206. The first kappa shape index (κ1) is 15.1. The zero-order valence-electron chi connectivity index (χ0n) is 11.5. The van der Waals surface area contributed by atoms with Gasteiger partial charge in [-0.15, -0.1) is 0 Å². The predicted octanol–water partition coefficient (Wildman–Crippen LogP) is 4.06. The molecule has 5 nitrogen and oxygen atoms in total. The number of hydrogen-bond acceptors (Lipinski definition) is 3. The number of benzene rings is 1. The van der Waals surface area contributed by atoms with Crippen molar-refractivity contribution < 1.29 is 9.21 Å². The fraction of sp³-hybridized carbons (Fsp3) is 0.0667. The third-order valence-electron chi connectivity index (χ3n) is 3.11. The molecule has 0 radical (unpaired) electrons. The van der Waals surface area contributed by atoms with Crippen LogP contribution in [0.3, 0.4) is 0 Å². The first-order valence-electron chi connectivity index (χ1n) is 6.38. The van der Waals surface area contributed by atoms with Gasteiger partial charge in [0.15, 0.2) is 5.76 Å². The van der Waals surface area contributed by atoms with E-state index in [-0.39, 0.29) is 5.76 Å². The number of aromatic nitrogens is 1. The van der Waals surface area contributed by atoms with Gasteiger partial charge in [0.25, 0.3) is 0 Å². The summed E-state index contributed by atoms with van der Waals surface area (Å²) in [5.74, 6) is -0.192.